The Kier molecular flexibility index (Phi) is 7.42. The van der Waals surface area contributed by atoms with Gasteiger partial charge in [0, 0.05) is 11.1 Å². The summed E-state index contributed by atoms with van der Waals surface area (Å²) in [4.78, 5) is 24.0. The van der Waals surface area contributed by atoms with Gasteiger partial charge in [-0.1, -0.05) is 27.7 Å². The molecule has 0 amide bonds. The van der Waals surface area contributed by atoms with Crippen molar-refractivity contribution in [3.05, 3.63) is 11.1 Å². The van der Waals surface area contributed by atoms with Gasteiger partial charge in [-0.3, -0.25) is 0 Å². The summed E-state index contributed by atoms with van der Waals surface area (Å²) in [6.07, 6.45) is 0.955. The van der Waals surface area contributed by atoms with Crippen LogP contribution in [-0.2, 0) is 19.1 Å². The second kappa shape index (κ2) is 7.97. The molecule has 0 aromatic heterocycles. The summed E-state index contributed by atoms with van der Waals surface area (Å²) in [6.45, 7) is 12.0. The molecule has 0 fully saturated rings. The van der Waals surface area contributed by atoms with Gasteiger partial charge < -0.3 is 9.47 Å². The van der Waals surface area contributed by atoms with Gasteiger partial charge >= 0.3 is 11.9 Å². The Morgan fingerprint density at radius 3 is 1.58 bits per heavy atom. The first-order valence-corrected chi connectivity index (χ1v) is 6.83. The molecule has 0 saturated carbocycles. The Bertz CT molecular complexity index is 348. The molecule has 110 valence electrons. The van der Waals surface area contributed by atoms with Crippen molar-refractivity contribution in [2.45, 2.75) is 54.4 Å². The molecule has 0 saturated heterocycles. The molecule has 0 aromatic rings. The standard InChI is InChI=1S/C15H26O4/c1-7-11(13(16)18-8-2)12(10-15(4,5)6)14(17)19-9-3/h7-10H2,1-6H3. The molecular weight excluding hydrogens is 244 g/mol. The van der Waals surface area contributed by atoms with E-state index < -0.39 is 11.9 Å². The Hall–Kier alpha value is -1.32. The van der Waals surface area contributed by atoms with Crippen molar-refractivity contribution >= 4 is 11.9 Å². The topological polar surface area (TPSA) is 52.6 Å². The largest absolute Gasteiger partial charge is 0.463 e. The van der Waals surface area contributed by atoms with Crippen molar-refractivity contribution in [3.8, 4) is 0 Å². The predicted octanol–water partition coefficient (Wildman–Crippen LogP) is 3.26. The van der Waals surface area contributed by atoms with Crippen molar-refractivity contribution in [1.29, 1.82) is 0 Å². The summed E-state index contributed by atoms with van der Waals surface area (Å²) < 4.78 is 10.1. The molecule has 0 atom stereocenters. The summed E-state index contributed by atoms with van der Waals surface area (Å²) in [5, 5.41) is 0. The number of rotatable bonds is 6. The lowest BCUT2D eigenvalue weighted by Crippen LogP contribution is -2.20. The smallest absolute Gasteiger partial charge is 0.334 e. The van der Waals surface area contributed by atoms with Gasteiger partial charge in [0.05, 0.1) is 13.2 Å². The molecule has 0 unspecified atom stereocenters. The summed E-state index contributed by atoms with van der Waals surface area (Å²) in [6, 6.07) is 0. The van der Waals surface area contributed by atoms with Crippen LogP contribution in [0.3, 0.4) is 0 Å². The van der Waals surface area contributed by atoms with Crippen LogP contribution in [0.15, 0.2) is 11.1 Å². The van der Waals surface area contributed by atoms with Crippen molar-refractivity contribution in [2.24, 2.45) is 5.41 Å². The predicted molar refractivity (Wildman–Crippen MR) is 74.7 cm³/mol. The molecule has 0 aliphatic heterocycles. The third-order valence-corrected chi connectivity index (χ3v) is 2.47. The molecule has 0 aliphatic rings. The maximum Gasteiger partial charge on any atom is 0.334 e. The maximum absolute atomic E-state index is 12.0. The number of esters is 2. The van der Waals surface area contributed by atoms with Crippen LogP contribution in [-0.4, -0.2) is 25.2 Å². The van der Waals surface area contributed by atoms with E-state index in [9.17, 15) is 9.59 Å². The van der Waals surface area contributed by atoms with E-state index in [2.05, 4.69) is 0 Å². The quantitative estimate of drug-likeness (QED) is 0.549. The van der Waals surface area contributed by atoms with Gasteiger partial charge in [0.1, 0.15) is 0 Å². The zero-order valence-corrected chi connectivity index (χ0v) is 13.0. The highest BCUT2D eigenvalue weighted by Crippen LogP contribution is 2.28. The average Bonchev–Trinajstić information content (AvgIpc) is 2.27. The van der Waals surface area contributed by atoms with Gasteiger partial charge in [-0.05, 0) is 32.1 Å². The second-order valence-electron chi connectivity index (χ2n) is 5.49. The van der Waals surface area contributed by atoms with E-state index in [1.54, 1.807) is 13.8 Å². The third kappa shape index (κ3) is 6.41. The fraction of sp³-hybridized carbons (Fsp3) is 0.733. The lowest BCUT2D eigenvalue weighted by Gasteiger charge is -2.21. The maximum atomic E-state index is 12.0. The first-order chi connectivity index (χ1) is 8.76. The second-order valence-corrected chi connectivity index (χ2v) is 5.49. The van der Waals surface area contributed by atoms with Crippen LogP contribution >= 0.6 is 0 Å². The van der Waals surface area contributed by atoms with Crippen LogP contribution in [0.5, 0.6) is 0 Å². The van der Waals surface area contributed by atoms with Crippen LogP contribution in [0, 0.1) is 5.41 Å². The number of carbonyl (C=O) groups excluding carboxylic acids is 2. The van der Waals surface area contributed by atoms with Gasteiger partial charge in [0.25, 0.3) is 0 Å². The fourth-order valence-electron chi connectivity index (χ4n) is 1.75. The summed E-state index contributed by atoms with van der Waals surface area (Å²) >= 11 is 0. The van der Waals surface area contributed by atoms with Crippen LogP contribution in [0.2, 0.25) is 0 Å². The Morgan fingerprint density at radius 2 is 1.26 bits per heavy atom. The summed E-state index contributed by atoms with van der Waals surface area (Å²) in [5.41, 5.74) is 0.764. The third-order valence-electron chi connectivity index (χ3n) is 2.47. The lowest BCUT2D eigenvalue weighted by atomic mass is 9.85. The molecule has 4 heteroatoms. The Labute approximate surface area is 116 Å². The monoisotopic (exact) mass is 270 g/mol. The summed E-state index contributed by atoms with van der Waals surface area (Å²) in [5.74, 6) is -0.834. The van der Waals surface area contributed by atoms with E-state index in [1.807, 2.05) is 27.7 Å². The zero-order chi connectivity index (χ0) is 15.1. The molecule has 0 heterocycles. The number of hydrogen-bond acceptors (Lipinski definition) is 4. The van der Waals surface area contributed by atoms with E-state index >= 15 is 0 Å². The molecule has 0 aromatic carbocycles. The SMILES string of the molecule is CCOC(=O)C(CC)=C(CC(C)(C)C)C(=O)OCC. The summed E-state index contributed by atoms with van der Waals surface area (Å²) in [7, 11) is 0. The number of hydrogen-bond donors (Lipinski definition) is 0. The van der Waals surface area contributed by atoms with Gasteiger partial charge in [-0.2, -0.15) is 0 Å². The molecule has 0 bridgehead atoms. The van der Waals surface area contributed by atoms with Crippen molar-refractivity contribution < 1.29 is 19.1 Å². The van der Waals surface area contributed by atoms with E-state index in [0.29, 0.717) is 37.2 Å². The molecule has 19 heavy (non-hydrogen) atoms. The molecule has 0 spiro atoms. The number of ether oxygens (including phenoxy) is 2. The zero-order valence-electron chi connectivity index (χ0n) is 13.0. The molecule has 4 nitrogen and oxygen atoms in total. The van der Waals surface area contributed by atoms with Crippen LogP contribution in [0.25, 0.3) is 0 Å². The van der Waals surface area contributed by atoms with Gasteiger partial charge in [-0.25, -0.2) is 9.59 Å². The molecule has 0 N–H and O–H groups in total. The Morgan fingerprint density at radius 1 is 0.842 bits per heavy atom. The minimum absolute atomic E-state index is 0.102. The van der Waals surface area contributed by atoms with Gasteiger partial charge in [0.2, 0.25) is 0 Å². The van der Waals surface area contributed by atoms with E-state index in [1.165, 1.54) is 0 Å². The Balaban J connectivity index is 5.47. The van der Waals surface area contributed by atoms with Gasteiger partial charge in [-0.15, -0.1) is 0 Å². The molecule has 0 rings (SSSR count). The van der Waals surface area contributed by atoms with Gasteiger partial charge in [0.15, 0.2) is 0 Å². The minimum atomic E-state index is -0.419. The van der Waals surface area contributed by atoms with Crippen LogP contribution in [0.4, 0.5) is 0 Å². The minimum Gasteiger partial charge on any atom is -0.463 e. The molecule has 0 aliphatic carbocycles. The van der Waals surface area contributed by atoms with E-state index in [-0.39, 0.29) is 5.41 Å². The van der Waals surface area contributed by atoms with Crippen molar-refractivity contribution in [3.63, 3.8) is 0 Å². The molecule has 0 radical (unpaired) electrons. The highest BCUT2D eigenvalue weighted by Gasteiger charge is 2.26. The highest BCUT2D eigenvalue weighted by atomic mass is 16.5. The highest BCUT2D eigenvalue weighted by molar-refractivity contribution is 6.00. The van der Waals surface area contributed by atoms with Crippen molar-refractivity contribution in [1.82, 2.24) is 0 Å². The van der Waals surface area contributed by atoms with E-state index in [4.69, 9.17) is 9.47 Å². The average molecular weight is 270 g/mol. The van der Waals surface area contributed by atoms with Crippen molar-refractivity contribution in [2.75, 3.05) is 13.2 Å². The fourth-order valence-corrected chi connectivity index (χ4v) is 1.75. The van der Waals surface area contributed by atoms with E-state index in [0.717, 1.165) is 0 Å². The number of carbonyl (C=O) groups is 2. The van der Waals surface area contributed by atoms with Crippen LogP contribution in [0.1, 0.15) is 54.4 Å². The first-order valence-electron chi connectivity index (χ1n) is 6.83. The normalized spacial score (nSPS) is 12.7. The molecular formula is C15H26O4. The first kappa shape index (κ1) is 17.7. The van der Waals surface area contributed by atoms with Crippen LogP contribution < -0.4 is 0 Å². The lowest BCUT2D eigenvalue weighted by molar-refractivity contribution is -0.142.